The average Bonchev–Trinajstić information content (AvgIpc) is 1.98. The molecule has 0 amide bonds. The molecule has 0 aliphatic rings. The highest BCUT2D eigenvalue weighted by Gasteiger charge is 2.35. The van der Waals surface area contributed by atoms with Crippen LogP contribution in [-0.4, -0.2) is 4.87 Å². The van der Waals surface area contributed by atoms with Crippen LogP contribution in [0, 0.1) is 11.3 Å². The first-order valence-electron chi connectivity index (χ1n) is 5.40. The van der Waals surface area contributed by atoms with E-state index in [4.69, 9.17) is 11.6 Å². The van der Waals surface area contributed by atoms with E-state index in [0.717, 1.165) is 0 Å². The van der Waals surface area contributed by atoms with E-state index in [9.17, 15) is 0 Å². The monoisotopic (exact) mass is 204 g/mol. The lowest BCUT2D eigenvalue weighted by Gasteiger charge is -2.39. The van der Waals surface area contributed by atoms with Crippen LogP contribution in [0.5, 0.6) is 0 Å². The van der Waals surface area contributed by atoms with Gasteiger partial charge in [0.15, 0.2) is 0 Å². The molecule has 0 spiro atoms. The first kappa shape index (κ1) is 13.3. The minimum absolute atomic E-state index is 0.0861. The van der Waals surface area contributed by atoms with Gasteiger partial charge in [0, 0.05) is 4.87 Å². The summed E-state index contributed by atoms with van der Waals surface area (Å²) in [5, 5.41) is 0. The Kier molecular flexibility index (Phi) is 4.79. The van der Waals surface area contributed by atoms with Crippen molar-refractivity contribution in [3.8, 4) is 0 Å². The second-order valence-electron chi connectivity index (χ2n) is 5.38. The quantitative estimate of drug-likeness (QED) is 0.562. The van der Waals surface area contributed by atoms with E-state index in [1.54, 1.807) is 0 Å². The number of unbranched alkanes of at least 4 members (excludes halogenated alkanes) is 1. The molecular formula is C12H25Cl. The van der Waals surface area contributed by atoms with Gasteiger partial charge in [-0.1, -0.05) is 40.5 Å². The Hall–Kier alpha value is 0.290. The van der Waals surface area contributed by atoms with Crippen molar-refractivity contribution in [2.24, 2.45) is 11.3 Å². The molecule has 1 heteroatoms. The zero-order chi connectivity index (χ0) is 10.7. The van der Waals surface area contributed by atoms with Gasteiger partial charge in [-0.2, -0.15) is 0 Å². The molecular weight excluding hydrogens is 180 g/mol. The van der Waals surface area contributed by atoms with Crippen LogP contribution < -0.4 is 0 Å². The van der Waals surface area contributed by atoms with Gasteiger partial charge in [-0.15, -0.1) is 11.6 Å². The zero-order valence-electron chi connectivity index (χ0n) is 10.1. The molecule has 0 saturated heterocycles. The second-order valence-corrected chi connectivity index (χ2v) is 6.35. The highest BCUT2D eigenvalue weighted by molar-refractivity contribution is 6.23. The summed E-state index contributed by atoms with van der Waals surface area (Å²) in [5.41, 5.74) is 0.362. The molecule has 0 rings (SSSR count). The Morgan fingerprint density at radius 2 is 1.62 bits per heavy atom. The maximum Gasteiger partial charge on any atom is 0.0421 e. The Morgan fingerprint density at radius 3 is 1.92 bits per heavy atom. The molecule has 0 aliphatic carbocycles. The van der Waals surface area contributed by atoms with Gasteiger partial charge in [-0.3, -0.25) is 0 Å². The van der Waals surface area contributed by atoms with Crippen LogP contribution >= 0.6 is 11.6 Å². The highest BCUT2D eigenvalue weighted by Crippen LogP contribution is 2.41. The molecule has 0 nitrogen and oxygen atoms in total. The molecule has 13 heavy (non-hydrogen) atoms. The lowest BCUT2D eigenvalue weighted by molar-refractivity contribution is 0.170. The minimum Gasteiger partial charge on any atom is -0.120 e. The third-order valence-electron chi connectivity index (χ3n) is 3.38. The summed E-state index contributed by atoms with van der Waals surface area (Å²) in [6.45, 7) is 13.4. The molecule has 0 radical (unpaired) electrons. The van der Waals surface area contributed by atoms with E-state index in [-0.39, 0.29) is 4.87 Å². The maximum atomic E-state index is 6.35. The third kappa shape index (κ3) is 4.35. The number of hydrogen-bond donors (Lipinski definition) is 0. The number of halogens is 1. The van der Waals surface area contributed by atoms with Gasteiger partial charge in [0.05, 0.1) is 0 Å². The van der Waals surface area contributed by atoms with E-state index in [1.807, 2.05) is 0 Å². The molecule has 0 heterocycles. The summed E-state index contributed by atoms with van der Waals surface area (Å²) in [6, 6.07) is 0. The van der Waals surface area contributed by atoms with Crippen LogP contribution in [0.2, 0.25) is 0 Å². The van der Waals surface area contributed by atoms with Crippen LogP contribution in [0.25, 0.3) is 0 Å². The molecule has 1 unspecified atom stereocenters. The predicted octanol–water partition coefficient (Wildman–Crippen LogP) is 4.86. The minimum atomic E-state index is -0.0861. The van der Waals surface area contributed by atoms with Crippen LogP contribution in [0.4, 0.5) is 0 Å². The van der Waals surface area contributed by atoms with Crippen LogP contribution in [-0.2, 0) is 0 Å². The first-order chi connectivity index (χ1) is 5.72. The maximum absolute atomic E-state index is 6.35. The van der Waals surface area contributed by atoms with Gasteiger partial charge in [-0.05, 0) is 31.6 Å². The number of alkyl halides is 1. The fourth-order valence-corrected chi connectivity index (χ4v) is 2.07. The SMILES string of the molecule is CCCCC(C)(C)C(C)C(C)(C)Cl. The standard InChI is InChI=1S/C12H25Cl/c1-7-8-9-11(3,4)10(2)12(5,6)13/h10H,7-9H2,1-6H3. The molecule has 0 aromatic heterocycles. The number of hydrogen-bond acceptors (Lipinski definition) is 0. The molecule has 0 aromatic rings. The first-order valence-corrected chi connectivity index (χ1v) is 5.78. The van der Waals surface area contributed by atoms with Gasteiger partial charge >= 0.3 is 0 Å². The summed E-state index contributed by atoms with van der Waals surface area (Å²) in [5.74, 6) is 0.549. The largest absolute Gasteiger partial charge is 0.120 e. The smallest absolute Gasteiger partial charge is 0.0421 e. The van der Waals surface area contributed by atoms with Crippen molar-refractivity contribution >= 4 is 11.6 Å². The second kappa shape index (κ2) is 4.68. The Bertz CT molecular complexity index is 142. The Balaban J connectivity index is 4.27. The van der Waals surface area contributed by atoms with Gasteiger partial charge in [0.1, 0.15) is 0 Å². The predicted molar refractivity (Wildman–Crippen MR) is 62.4 cm³/mol. The van der Waals surface area contributed by atoms with Gasteiger partial charge < -0.3 is 0 Å². The van der Waals surface area contributed by atoms with Crippen molar-refractivity contribution in [2.45, 2.75) is 65.7 Å². The summed E-state index contributed by atoms with van der Waals surface area (Å²) >= 11 is 6.35. The van der Waals surface area contributed by atoms with E-state index < -0.39 is 0 Å². The fraction of sp³-hybridized carbons (Fsp3) is 1.00. The summed E-state index contributed by atoms with van der Waals surface area (Å²) < 4.78 is 0. The van der Waals surface area contributed by atoms with Crippen molar-refractivity contribution in [3.63, 3.8) is 0 Å². The zero-order valence-corrected chi connectivity index (χ0v) is 10.8. The summed E-state index contributed by atoms with van der Waals surface area (Å²) in [6.07, 6.45) is 3.87. The molecule has 0 aromatic carbocycles. The normalized spacial score (nSPS) is 15.9. The van der Waals surface area contributed by atoms with Gasteiger partial charge in [0.2, 0.25) is 0 Å². The molecule has 1 atom stereocenters. The highest BCUT2D eigenvalue weighted by atomic mass is 35.5. The van der Waals surface area contributed by atoms with Crippen molar-refractivity contribution in [1.82, 2.24) is 0 Å². The third-order valence-corrected chi connectivity index (χ3v) is 3.70. The Morgan fingerprint density at radius 1 is 1.15 bits per heavy atom. The molecule has 0 bridgehead atoms. The van der Waals surface area contributed by atoms with Crippen LogP contribution in [0.15, 0.2) is 0 Å². The molecule has 0 aliphatic heterocycles. The van der Waals surface area contributed by atoms with E-state index in [0.29, 0.717) is 11.3 Å². The van der Waals surface area contributed by atoms with Crippen molar-refractivity contribution in [2.75, 3.05) is 0 Å². The lowest BCUT2D eigenvalue weighted by atomic mass is 9.71. The molecule has 0 saturated carbocycles. The van der Waals surface area contributed by atoms with E-state index in [2.05, 4.69) is 41.5 Å². The van der Waals surface area contributed by atoms with Crippen molar-refractivity contribution in [3.05, 3.63) is 0 Å². The molecule has 0 N–H and O–H groups in total. The van der Waals surface area contributed by atoms with Gasteiger partial charge in [0.25, 0.3) is 0 Å². The molecule has 80 valence electrons. The van der Waals surface area contributed by atoms with Crippen molar-refractivity contribution < 1.29 is 0 Å². The summed E-state index contributed by atoms with van der Waals surface area (Å²) in [7, 11) is 0. The van der Waals surface area contributed by atoms with Crippen LogP contribution in [0.3, 0.4) is 0 Å². The lowest BCUT2D eigenvalue weighted by Crippen LogP contribution is -2.35. The summed E-state index contributed by atoms with van der Waals surface area (Å²) in [4.78, 5) is -0.0861. The average molecular weight is 205 g/mol. The number of rotatable bonds is 5. The topological polar surface area (TPSA) is 0 Å². The Labute approximate surface area is 89.1 Å². The van der Waals surface area contributed by atoms with Crippen LogP contribution in [0.1, 0.15) is 60.8 Å². The van der Waals surface area contributed by atoms with E-state index >= 15 is 0 Å². The van der Waals surface area contributed by atoms with E-state index in [1.165, 1.54) is 19.3 Å². The van der Waals surface area contributed by atoms with Gasteiger partial charge in [-0.25, -0.2) is 0 Å². The van der Waals surface area contributed by atoms with Crippen molar-refractivity contribution in [1.29, 1.82) is 0 Å². The fourth-order valence-electron chi connectivity index (χ4n) is 1.78. The molecule has 0 fully saturated rings.